The second-order valence-corrected chi connectivity index (χ2v) is 3.93. The van der Waals surface area contributed by atoms with Gasteiger partial charge in [-0.3, -0.25) is 0 Å². The van der Waals surface area contributed by atoms with Crippen molar-refractivity contribution < 1.29 is 20.1 Å². The predicted octanol–water partition coefficient (Wildman–Crippen LogP) is 0.697. The molecule has 0 fully saturated rings. The fourth-order valence-corrected chi connectivity index (χ4v) is 1.61. The van der Waals surface area contributed by atoms with Crippen LogP contribution in [0.3, 0.4) is 0 Å². The van der Waals surface area contributed by atoms with Gasteiger partial charge in [-0.25, -0.2) is 0 Å². The summed E-state index contributed by atoms with van der Waals surface area (Å²) >= 11 is 0. The van der Waals surface area contributed by atoms with Gasteiger partial charge >= 0.3 is 0 Å². The Labute approximate surface area is 101 Å². The smallest absolute Gasteiger partial charge is 0.0861 e. The summed E-state index contributed by atoms with van der Waals surface area (Å²) in [5, 5.41) is 27.4. The zero-order valence-corrected chi connectivity index (χ0v) is 9.83. The van der Waals surface area contributed by atoms with Gasteiger partial charge in [0.05, 0.1) is 18.8 Å². The summed E-state index contributed by atoms with van der Waals surface area (Å²) in [5.41, 5.74) is 1.02. The van der Waals surface area contributed by atoms with E-state index in [4.69, 9.17) is 14.9 Å². The van der Waals surface area contributed by atoms with Gasteiger partial charge in [0.2, 0.25) is 0 Å². The molecule has 0 spiro atoms. The maximum absolute atomic E-state index is 9.72. The third-order valence-electron chi connectivity index (χ3n) is 2.57. The topological polar surface area (TPSA) is 69.9 Å². The van der Waals surface area contributed by atoms with Crippen LogP contribution in [0.5, 0.6) is 0 Å². The van der Waals surface area contributed by atoms with Gasteiger partial charge < -0.3 is 20.1 Å². The highest BCUT2D eigenvalue weighted by atomic mass is 16.5. The van der Waals surface area contributed by atoms with Crippen molar-refractivity contribution in [1.29, 1.82) is 0 Å². The van der Waals surface area contributed by atoms with Crippen molar-refractivity contribution in [2.45, 2.75) is 31.7 Å². The number of benzene rings is 1. The molecule has 1 rings (SSSR count). The van der Waals surface area contributed by atoms with E-state index in [0.29, 0.717) is 13.0 Å². The van der Waals surface area contributed by atoms with Gasteiger partial charge in [-0.15, -0.1) is 0 Å². The highest BCUT2D eigenvalue weighted by molar-refractivity contribution is 5.13. The summed E-state index contributed by atoms with van der Waals surface area (Å²) < 4.78 is 5.56. The molecule has 0 radical (unpaired) electrons. The third kappa shape index (κ3) is 5.28. The number of hydrogen-bond acceptors (Lipinski definition) is 4. The first-order chi connectivity index (χ1) is 8.27. The Bertz CT molecular complexity index is 289. The molecule has 17 heavy (non-hydrogen) atoms. The van der Waals surface area contributed by atoms with E-state index in [1.165, 1.54) is 0 Å². The molecule has 0 heterocycles. The zero-order valence-electron chi connectivity index (χ0n) is 9.83. The second kappa shape index (κ2) is 8.20. The minimum atomic E-state index is -0.740. The van der Waals surface area contributed by atoms with Gasteiger partial charge in [0, 0.05) is 13.2 Å². The molecular formula is C13H20O4. The number of aliphatic hydroxyl groups excluding tert-OH is 3. The summed E-state index contributed by atoms with van der Waals surface area (Å²) in [6.07, 6.45) is -0.545. The van der Waals surface area contributed by atoms with Crippen molar-refractivity contribution in [1.82, 2.24) is 0 Å². The van der Waals surface area contributed by atoms with Crippen LogP contribution in [0, 0.1) is 0 Å². The molecule has 2 atom stereocenters. The van der Waals surface area contributed by atoms with Crippen LogP contribution in [-0.4, -0.2) is 40.7 Å². The Morgan fingerprint density at radius 1 is 1.00 bits per heavy atom. The van der Waals surface area contributed by atoms with Crippen LogP contribution in [0.2, 0.25) is 0 Å². The van der Waals surface area contributed by atoms with Crippen LogP contribution in [-0.2, 0) is 11.3 Å². The lowest BCUT2D eigenvalue weighted by molar-refractivity contribution is -0.0626. The lowest BCUT2D eigenvalue weighted by Gasteiger charge is -2.22. The van der Waals surface area contributed by atoms with E-state index < -0.39 is 12.2 Å². The Balaban J connectivity index is 2.43. The number of hydrogen-bond donors (Lipinski definition) is 3. The fourth-order valence-electron chi connectivity index (χ4n) is 1.61. The monoisotopic (exact) mass is 240 g/mol. The molecule has 0 aliphatic rings. The van der Waals surface area contributed by atoms with Crippen molar-refractivity contribution in [3.05, 3.63) is 35.9 Å². The molecule has 0 saturated heterocycles. The van der Waals surface area contributed by atoms with Crippen molar-refractivity contribution in [3.63, 3.8) is 0 Å². The highest BCUT2D eigenvalue weighted by Crippen LogP contribution is 2.11. The maximum atomic E-state index is 9.72. The summed E-state index contributed by atoms with van der Waals surface area (Å²) in [7, 11) is 0. The van der Waals surface area contributed by atoms with Crippen molar-refractivity contribution in [2.24, 2.45) is 0 Å². The van der Waals surface area contributed by atoms with E-state index in [0.717, 1.165) is 5.56 Å². The standard InChI is InChI=1S/C13H20O4/c14-8-6-12(16)13(7-9-15)17-10-11-4-2-1-3-5-11/h1-5,12-16H,6-10H2/t12-,13-/m1/s1. The van der Waals surface area contributed by atoms with E-state index >= 15 is 0 Å². The Morgan fingerprint density at radius 3 is 2.24 bits per heavy atom. The summed E-state index contributed by atoms with van der Waals surface area (Å²) in [5.74, 6) is 0. The first-order valence-corrected chi connectivity index (χ1v) is 5.83. The predicted molar refractivity (Wildman–Crippen MR) is 64.4 cm³/mol. The van der Waals surface area contributed by atoms with Crippen molar-refractivity contribution >= 4 is 0 Å². The van der Waals surface area contributed by atoms with E-state index in [-0.39, 0.29) is 19.6 Å². The van der Waals surface area contributed by atoms with Gasteiger partial charge in [0.25, 0.3) is 0 Å². The molecule has 4 heteroatoms. The molecule has 4 nitrogen and oxygen atoms in total. The lowest BCUT2D eigenvalue weighted by Crippen LogP contribution is -2.30. The van der Waals surface area contributed by atoms with Crippen LogP contribution in [0.25, 0.3) is 0 Å². The van der Waals surface area contributed by atoms with Gasteiger partial charge in [-0.2, -0.15) is 0 Å². The first kappa shape index (κ1) is 14.1. The van der Waals surface area contributed by atoms with E-state index in [9.17, 15) is 5.11 Å². The molecule has 0 aliphatic carbocycles. The van der Waals surface area contributed by atoms with Crippen molar-refractivity contribution in [2.75, 3.05) is 13.2 Å². The SMILES string of the molecule is OCC[C@@H](O)[C@@H](CCO)OCc1ccccc1. The van der Waals surface area contributed by atoms with Crippen LogP contribution >= 0.6 is 0 Å². The van der Waals surface area contributed by atoms with Crippen LogP contribution < -0.4 is 0 Å². The Morgan fingerprint density at radius 2 is 1.65 bits per heavy atom. The molecule has 0 amide bonds. The Hall–Kier alpha value is -0.940. The quantitative estimate of drug-likeness (QED) is 0.625. The molecule has 0 aromatic heterocycles. The van der Waals surface area contributed by atoms with Gasteiger partial charge in [-0.05, 0) is 18.4 Å². The maximum Gasteiger partial charge on any atom is 0.0861 e. The lowest BCUT2D eigenvalue weighted by atomic mass is 10.1. The number of ether oxygens (including phenoxy) is 1. The first-order valence-electron chi connectivity index (χ1n) is 5.83. The molecule has 1 aromatic carbocycles. The minimum Gasteiger partial charge on any atom is -0.396 e. The molecule has 96 valence electrons. The number of rotatable bonds is 8. The minimum absolute atomic E-state index is 0.0397. The van der Waals surface area contributed by atoms with Crippen LogP contribution in [0.1, 0.15) is 18.4 Å². The zero-order chi connectivity index (χ0) is 12.5. The molecular weight excluding hydrogens is 220 g/mol. The van der Waals surface area contributed by atoms with Crippen molar-refractivity contribution in [3.8, 4) is 0 Å². The molecule has 3 N–H and O–H groups in total. The van der Waals surface area contributed by atoms with Crippen LogP contribution in [0.15, 0.2) is 30.3 Å². The summed E-state index contributed by atoms with van der Waals surface area (Å²) in [6.45, 7) is 0.272. The summed E-state index contributed by atoms with van der Waals surface area (Å²) in [6, 6.07) is 9.64. The normalized spacial score (nSPS) is 14.5. The molecule has 0 bridgehead atoms. The van der Waals surface area contributed by atoms with E-state index in [1.807, 2.05) is 30.3 Å². The highest BCUT2D eigenvalue weighted by Gasteiger charge is 2.18. The fraction of sp³-hybridized carbons (Fsp3) is 0.538. The van der Waals surface area contributed by atoms with E-state index in [2.05, 4.69) is 0 Å². The molecule has 0 aliphatic heterocycles. The average Bonchev–Trinajstić information content (AvgIpc) is 2.36. The number of aliphatic hydroxyl groups is 3. The molecule has 0 unspecified atom stereocenters. The molecule has 1 aromatic rings. The average molecular weight is 240 g/mol. The largest absolute Gasteiger partial charge is 0.396 e. The molecule has 0 saturated carbocycles. The second-order valence-electron chi connectivity index (χ2n) is 3.93. The van der Waals surface area contributed by atoms with Gasteiger partial charge in [-0.1, -0.05) is 30.3 Å². The van der Waals surface area contributed by atoms with Gasteiger partial charge in [0.1, 0.15) is 0 Å². The summed E-state index contributed by atoms with van der Waals surface area (Å²) in [4.78, 5) is 0. The van der Waals surface area contributed by atoms with E-state index in [1.54, 1.807) is 0 Å². The third-order valence-corrected chi connectivity index (χ3v) is 2.57. The van der Waals surface area contributed by atoms with Gasteiger partial charge in [0.15, 0.2) is 0 Å². The van der Waals surface area contributed by atoms with Crippen LogP contribution in [0.4, 0.5) is 0 Å². The Kier molecular flexibility index (Phi) is 6.81.